The van der Waals surface area contributed by atoms with E-state index in [1.165, 1.54) is 11.1 Å². The first-order valence-corrected chi connectivity index (χ1v) is 17.9. The minimum Gasteiger partial charge on any atom is -0.481 e. The predicted octanol–water partition coefficient (Wildman–Crippen LogP) is 8.81. The number of halogens is 1. The zero-order valence-electron chi connectivity index (χ0n) is 28.3. The van der Waals surface area contributed by atoms with E-state index in [4.69, 9.17) is 16.6 Å². The first-order chi connectivity index (χ1) is 21.0. The average molecular weight is 678 g/mol. The Hall–Kier alpha value is -2.41. The van der Waals surface area contributed by atoms with Crippen LogP contribution in [0.15, 0.2) is 56.2 Å². The lowest BCUT2D eigenvalue weighted by Gasteiger charge is -2.71. The highest BCUT2D eigenvalue weighted by Crippen LogP contribution is 2.76. The van der Waals surface area contributed by atoms with Gasteiger partial charge in [-0.1, -0.05) is 88.2 Å². The number of nitrogens with zero attached hydrogens (tertiary/aromatic N) is 2. The molecule has 0 amide bonds. The summed E-state index contributed by atoms with van der Waals surface area (Å²) in [5.74, 6) is 1.30. The monoisotopic (exact) mass is 676 g/mol. The van der Waals surface area contributed by atoms with E-state index < -0.39 is 11.4 Å². The average Bonchev–Trinajstić information content (AvgIpc) is 2.94. The van der Waals surface area contributed by atoms with Crippen LogP contribution in [0.3, 0.4) is 0 Å². The normalized spacial score (nSPS) is 43.7. The zero-order valence-corrected chi connectivity index (χ0v) is 29.9. The fourth-order valence-corrected chi connectivity index (χ4v) is 12.4. The number of nitrogens with two attached hydrogens (primary N) is 2. The molecule has 5 aliphatic rings. The maximum absolute atomic E-state index is 13.1. The molecule has 0 saturated heterocycles. The Morgan fingerprint density at radius 3 is 2.42 bits per heavy atom. The third-order valence-electron chi connectivity index (χ3n) is 14.5. The first-order valence-electron chi connectivity index (χ1n) is 17.1. The second kappa shape index (κ2) is 10.8. The van der Waals surface area contributed by atoms with Crippen LogP contribution in [0, 0.1) is 56.7 Å². The number of hydrogen-bond donors (Lipinski definition) is 3. The SMILES string of the molecule is C[C@H]1[C@H](C)CC[C@]2(C(=O)O)CC[C@]3(C)C(=CC[C@@H]4[C@@]5(C)CC(=C\c6cccc(Br)c6)/C(=N\N=C(N)N)C(C)(C)[C@@H]5CC[C@]43C)[C@H]12. The van der Waals surface area contributed by atoms with Crippen molar-refractivity contribution in [2.45, 2.75) is 99.8 Å². The summed E-state index contributed by atoms with van der Waals surface area (Å²) in [6, 6.07) is 8.41. The molecule has 4 fully saturated rings. The van der Waals surface area contributed by atoms with E-state index in [-0.39, 0.29) is 33.5 Å². The molecule has 244 valence electrons. The van der Waals surface area contributed by atoms with E-state index in [1.807, 2.05) is 0 Å². The van der Waals surface area contributed by atoms with Crippen LogP contribution in [0.25, 0.3) is 6.08 Å². The minimum atomic E-state index is -0.620. The van der Waals surface area contributed by atoms with Crippen LogP contribution in [-0.2, 0) is 4.79 Å². The number of aliphatic carboxylic acids is 1. The summed E-state index contributed by atoms with van der Waals surface area (Å²) in [7, 11) is 0. The van der Waals surface area contributed by atoms with Crippen LogP contribution in [0.5, 0.6) is 0 Å². The van der Waals surface area contributed by atoms with Crippen molar-refractivity contribution in [2.75, 3.05) is 0 Å². The third-order valence-corrected chi connectivity index (χ3v) is 15.0. The quantitative estimate of drug-likeness (QED) is 0.128. The van der Waals surface area contributed by atoms with Gasteiger partial charge < -0.3 is 16.6 Å². The van der Waals surface area contributed by atoms with Crippen molar-refractivity contribution in [2.24, 2.45) is 78.3 Å². The van der Waals surface area contributed by atoms with Gasteiger partial charge in [-0.2, -0.15) is 5.10 Å². The number of carboxylic acids is 1. The summed E-state index contributed by atoms with van der Waals surface area (Å²) >= 11 is 3.66. The van der Waals surface area contributed by atoms with Gasteiger partial charge in [0.1, 0.15) is 0 Å². The largest absolute Gasteiger partial charge is 0.481 e. The maximum atomic E-state index is 13.1. The zero-order chi connectivity index (χ0) is 32.7. The summed E-state index contributed by atoms with van der Waals surface area (Å²) in [5, 5.41) is 19.7. The maximum Gasteiger partial charge on any atom is 0.310 e. The number of fused-ring (bicyclic) bond motifs is 7. The number of allylic oxidation sites excluding steroid dienone is 3. The van der Waals surface area contributed by atoms with Crippen molar-refractivity contribution in [3.05, 3.63) is 51.5 Å². The molecule has 6 rings (SSSR count). The van der Waals surface area contributed by atoms with Crippen molar-refractivity contribution in [3.8, 4) is 0 Å². The Kier molecular flexibility index (Phi) is 7.82. The van der Waals surface area contributed by atoms with Gasteiger partial charge in [0.2, 0.25) is 5.96 Å². The van der Waals surface area contributed by atoms with Crippen LogP contribution in [0.1, 0.15) is 105 Å². The molecule has 0 spiro atoms. The number of carbonyl (C=O) groups is 1. The van der Waals surface area contributed by atoms with Gasteiger partial charge in [-0.15, -0.1) is 5.10 Å². The number of benzene rings is 1. The highest BCUT2D eigenvalue weighted by Gasteiger charge is 2.69. The van der Waals surface area contributed by atoms with Gasteiger partial charge in [-0.25, -0.2) is 0 Å². The Morgan fingerprint density at radius 1 is 1.02 bits per heavy atom. The van der Waals surface area contributed by atoms with Gasteiger partial charge >= 0.3 is 5.97 Å². The van der Waals surface area contributed by atoms with Gasteiger partial charge in [-0.3, -0.25) is 4.79 Å². The summed E-state index contributed by atoms with van der Waals surface area (Å²) < 4.78 is 1.04. The van der Waals surface area contributed by atoms with Crippen molar-refractivity contribution >= 4 is 39.6 Å². The topological polar surface area (TPSA) is 114 Å². The first kappa shape index (κ1) is 32.5. The third kappa shape index (κ3) is 4.64. The Labute approximate surface area is 278 Å². The van der Waals surface area contributed by atoms with E-state index in [0.717, 1.165) is 67.1 Å². The number of hydrogen-bond acceptors (Lipinski definition) is 3. The van der Waals surface area contributed by atoms with E-state index >= 15 is 0 Å². The molecule has 0 heterocycles. The van der Waals surface area contributed by atoms with E-state index in [2.05, 4.69) is 106 Å². The van der Waals surface area contributed by atoms with Crippen LogP contribution in [0.2, 0.25) is 0 Å². The van der Waals surface area contributed by atoms with Gasteiger partial charge in [0.25, 0.3) is 0 Å². The van der Waals surface area contributed by atoms with Gasteiger partial charge in [0.15, 0.2) is 0 Å². The molecule has 5 N–H and O–H groups in total. The van der Waals surface area contributed by atoms with Gasteiger partial charge in [-0.05, 0) is 127 Å². The van der Waals surface area contributed by atoms with Crippen molar-refractivity contribution < 1.29 is 9.90 Å². The Balaban J connectivity index is 1.48. The Bertz CT molecular complexity index is 1520. The molecule has 9 atom stereocenters. The second-order valence-corrected chi connectivity index (χ2v) is 17.6. The standard InChI is InChI=1S/C38H53BrN4O2/c1-22-13-16-38(32(44)45)18-17-36(6)27(30(38)23(22)2)11-12-29-35(5)21-25(19-24-9-8-10-26(39)20-24)31(42-43-33(40)41)34(3,4)28(35)14-15-37(29,36)7/h8-11,19-20,22-23,28-30H,12-18,21H2,1-7H3,(H,44,45)(H4,40,41,43)/b25-19+,42-31+/t22-,23+,28+,29-,30+,35+,36-,37-,38+/m1/s1. The van der Waals surface area contributed by atoms with Gasteiger partial charge in [0.05, 0.1) is 11.1 Å². The fraction of sp³-hybridized carbons (Fsp3) is 0.658. The van der Waals surface area contributed by atoms with Crippen LogP contribution < -0.4 is 11.5 Å². The molecule has 1 aromatic carbocycles. The molecule has 6 nitrogen and oxygen atoms in total. The lowest BCUT2D eigenvalue weighted by molar-refractivity contribution is -0.179. The highest BCUT2D eigenvalue weighted by molar-refractivity contribution is 9.10. The molecule has 45 heavy (non-hydrogen) atoms. The molecule has 4 saturated carbocycles. The number of guanidine groups is 1. The van der Waals surface area contributed by atoms with Crippen molar-refractivity contribution in [3.63, 3.8) is 0 Å². The van der Waals surface area contributed by atoms with Crippen LogP contribution in [-0.4, -0.2) is 22.7 Å². The van der Waals surface area contributed by atoms with Gasteiger partial charge in [0, 0.05) is 9.89 Å². The molecular formula is C38H53BrN4O2. The second-order valence-electron chi connectivity index (χ2n) is 16.7. The molecule has 1 aromatic rings. The summed E-state index contributed by atoms with van der Waals surface area (Å²) in [4.78, 5) is 13.1. The highest BCUT2D eigenvalue weighted by atomic mass is 79.9. The van der Waals surface area contributed by atoms with E-state index in [9.17, 15) is 9.90 Å². The molecule has 0 aliphatic heterocycles. The number of rotatable bonds is 3. The van der Waals surface area contributed by atoms with Crippen molar-refractivity contribution in [1.29, 1.82) is 0 Å². The predicted molar refractivity (Wildman–Crippen MR) is 187 cm³/mol. The summed E-state index contributed by atoms with van der Waals surface area (Å²) in [5.41, 5.74) is 15.6. The molecule has 0 unspecified atom stereocenters. The minimum absolute atomic E-state index is 0.0170. The molecule has 0 aromatic heterocycles. The lowest BCUT2D eigenvalue weighted by Crippen LogP contribution is -2.65. The van der Waals surface area contributed by atoms with E-state index in [0.29, 0.717) is 23.7 Å². The van der Waals surface area contributed by atoms with Crippen LogP contribution in [0.4, 0.5) is 0 Å². The lowest BCUT2D eigenvalue weighted by atomic mass is 9.33. The summed E-state index contributed by atoms with van der Waals surface area (Å²) in [6.45, 7) is 17.0. The van der Waals surface area contributed by atoms with Crippen LogP contribution >= 0.6 is 15.9 Å². The fourth-order valence-electron chi connectivity index (χ4n) is 11.9. The summed E-state index contributed by atoms with van der Waals surface area (Å²) in [6.07, 6.45) is 12.6. The Morgan fingerprint density at radius 2 is 1.76 bits per heavy atom. The van der Waals surface area contributed by atoms with E-state index in [1.54, 1.807) is 0 Å². The smallest absolute Gasteiger partial charge is 0.310 e. The molecular weight excluding hydrogens is 624 g/mol. The molecule has 0 radical (unpaired) electrons. The molecule has 5 aliphatic carbocycles. The molecule has 7 heteroatoms. The number of carboxylic acid groups (broad SMARTS) is 1. The molecule has 0 bridgehead atoms. The van der Waals surface area contributed by atoms with Crippen molar-refractivity contribution in [1.82, 2.24) is 0 Å².